The smallest absolute Gasteiger partial charge is 0.306 e. The van der Waals surface area contributed by atoms with Crippen LogP contribution in [-0.2, 0) is 20.7 Å². The molecule has 0 N–H and O–H groups in total. The largest absolute Gasteiger partial charge is 0.459 e. The summed E-state index contributed by atoms with van der Waals surface area (Å²) in [7, 11) is 1.67. The monoisotopic (exact) mass is 452 g/mol. The molecule has 2 atom stereocenters. The molecule has 134 valence electrons. The maximum atomic E-state index is 12.4. The molecule has 0 aliphatic heterocycles. The molecule has 2 aromatic carbocycles. The second-order valence-corrected chi connectivity index (χ2v) is 7.52. The topological polar surface area (TPSA) is 35.5 Å². The van der Waals surface area contributed by atoms with Crippen molar-refractivity contribution in [1.82, 2.24) is 0 Å². The van der Waals surface area contributed by atoms with Gasteiger partial charge in [-0.3, -0.25) is 4.79 Å². The van der Waals surface area contributed by atoms with Crippen LogP contribution in [0.4, 0.5) is 0 Å². The van der Waals surface area contributed by atoms with E-state index >= 15 is 0 Å². The minimum atomic E-state index is -0.316. The van der Waals surface area contributed by atoms with Crippen LogP contribution in [0.3, 0.4) is 0 Å². The summed E-state index contributed by atoms with van der Waals surface area (Å²) in [5.41, 5.74) is 2.20. The summed E-state index contributed by atoms with van der Waals surface area (Å²) in [4.78, 5) is 12.4. The SMILES string of the molecule is CO[C@@H](c1ccccc1I)[C@@H](OC(=O)CCc1ccccc1)C(C)C. The summed E-state index contributed by atoms with van der Waals surface area (Å²) in [6.45, 7) is 4.11. The zero-order valence-electron chi connectivity index (χ0n) is 14.9. The van der Waals surface area contributed by atoms with Crippen LogP contribution in [-0.4, -0.2) is 19.2 Å². The van der Waals surface area contributed by atoms with Gasteiger partial charge in [0.25, 0.3) is 0 Å². The van der Waals surface area contributed by atoms with E-state index in [0.717, 1.165) is 14.7 Å². The predicted octanol–water partition coefficient (Wildman–Crippen LogP) is 5.18. The van der Waals surface area contributed by atoms with Gasteiger partial charge in [-0.15, -0.1) is 0 Å². The van der Waals surface area contributed by atoms with Crippen molar-refractivity contribution in [3.05, 3.63) is 69.3 Å². The highest BCUT2D eigenvalue weighted by Crippen LogP contribution is 2.31. The van der Waals surface area contributed by atoms with Crippen LogP contribution in [0.2, 0.25) is 0 Å². The molecule has 0 aliphatic rings. The maximum absolute atomic E-state index is 12.4. The lowest BCUT2D eigenvalue weighted by Gasteiger charge is -2.30. The molecule has 0 unspecified atom stereocenters. The third-order valence-corrected chi connectivity index (χ3v) is 5.13. The average molecular weight is 452 g/mol. The van der Waals surface area contributed by atoms with Gasteiger partial charge >= 0.3 is 5.97 Å². The third-order valence-electron chi connectivity index (χ3n) is 4.15. The van der Waals surface area contributed by atoms with E-state index in [4.69, 9.17) is 9.47 Å². The Hall–Kier alpha value is -1.40. The highest BCUT2D eigenvalue weighted by Gasteiger charge is 2.30. The number of carbonyl (C=O) groups excluding carboxylic acids is 1. The number of carbonyl (C=O) groups is 1. The lowest BCUT2D eigenvalue weighted by molar-refractivity contribution is -0.160. The standard InChI is InChI=1S/C21H25IO3/c1-15(2)20(21(24-3)17-11-7-8-12-18(17)22)25-19(23)14-13-16-9-5-4-6-10-16/h4-12,15,20-21H,13-14H2,1-3H3/t20-,21-/m0/s1. The van der Waals surface area contributed by atoms with Crippen LogP contribution < -0.4 is 0 Å². The Kier molecular flexibility index (Phi) is 7.90. The first-order valence-corrected chi connectivity index (χ1v) is 9.61. The van der Waals surface area contributed by atoms with E-state index in [9.17, 15) is 4.79 Å². The normalized spacial score (nSPS) is 13.5. The molecule has 0 radical (unpaired) electrons. The highest BCUT2D eigenvalue weighted by atomic mass is 127. The number of aryl methyl sites for hydroxylation is 1. The molecule has 2 aromatic rings. The number of esters is 1. The maximum Gasteiger partial charge on any atom is 0.306 e. The van der Waals surface area contributed by atoms with Crippen molar-refractivity contribution in [1.29, 1.82) is 0 Å². The van der Waals surface area contributed by atoms with Crippen molar-refractivity contribution in [2.75, 3.05) is 7.11 Å². The lowest BCUT2D eigenvalue weighted by Crippen LogP contribution is -2.32. The Morgan fingerprint density at radius 3 is 2.28 bits per heavy atom. The van der Waals surface area contributed by atoms with Crippen LogP contribution in [0.5, 0.6) is 0 Å². The number of rotatable bonds is 8. The van der Waals surface area contributed by atoms with Crippen LogP contribution in [0.25, 0.3) is 0 Å². The summed E-state index contributed by atoms with van der Waals surface area (Å²) in [6, 6.07) is 18.0. The van der Waals surface area contributed by atoms with Crippen molar-refractivity contribution < 1.29 is 14.3 Å². The predicted molar refractivity (Wildman–Crippen MR) is 108 cm³/mol. The van der Waals surface area contributed by atoms with Crippen LogP contribution in [0, 0.1) is 9.49 Å². The molecule has 3 nitrogen and oxygen atoms in total. The Labute approximate surface area is 163 Å². The molecule has 25 heavy (non-hydrogen) atoms. The third kappa shape index (κ3) is 5.82. The summed E-state index contributed by atoms with van der Waals surface area (Å²) in [6.07, 6.45) is 0.471. The molecule has 0 fully saturated rings. The molecular formula is C21H25IO3. The number of methoxy groups -OCH3 is 1. The minimum Gasteiger partial charge on any atom is -0.459 e. The Morgan fingerprint density at radius 2 is 1.68 bits per heavy atom. The van der Waals surface area contributed by atoms with E-state index in [0.29, 0.717) is 12.8 Å². The van der Waals surface area contributed by atoms with Crippen molar-refractivity contribution in [2.45, 2.75) is 38.9 Å². The number of hydrogen-bond acceptors (Lipinski definition) is 3. The van der Waals surface area contributed by atoms with Gasteiger partial charge in [0.2, 0.25) is 0 Å². The summed E-state index contributed by atoms with van der Waals surface area (Å²) >= 11 is 2.29. The summed E-state index contributed by atoms with van der Waals surface area (Å²) in [5.74, 6) is -0.0304. The first-order valence-electron chi connectivity index (χ1n) is 8.53. The van der Waals surface area contributed by atoms with Gasteiger partial charge in [0, 0.05) is 17.1 Å². The van der Waals surface area contributed by atoms with E-state index < -0.39 is 0 Å². The van der Waals surface area contributed by atoms with Gasteiger partial charge in [-0.1, -0.05) is 62.4 Å². The number of benzene rings is 2. The van der Waals surface area contributed by atoms with Gasteiger partial charge in [-0.2, -0.15) is 0 Å². The number of hydrogen-bond donors (Lipinski definition) is 0. The molecule has 0 aliphatic carbocycles. The second-order valence-electron chi connectivity index (χ2n) is 6.36. The van der Waals surface area contributed by atoms with E-state index in [1.165, 1.54) is 0 Å². The molecule has 4 heteroatoms. The number of ether oxygens (including phenoxy) is 2. The van der Waals surface area contributed by atoms with E-state index in [-0.39, 0.29) is 24.1 Å². The minimum absolute atomic E-state index is 0.154. The van der Waals surface area contributed by atoms with Crippen LogP contribution in [0.15, 0.2) is 54.6 Å². The highest BCUT2D eigenvalue weighted by molar-refractivity contribution is 14.1. The lowest BCUT2D eigenvalue weighted by atomic mass is 9.95. The average Bonchev–Trinajstić information content (AvgIpc) is 2.62. The summed E-state index contributed by atoms with van der Waals surface area (Å²) < 4.78 is 12.7. The van der Waals surface area contributed by atoms with Gasteiger partial charge < -0.3 is 9.47 Å². The van der Waals surface area contributed by atoms with E-state index in [1.807, 2.05) is 54.6 Å². The zero-order chi connectivity index (χ0) is 18.2. The van der Waals surface area contributed by atoms with Gasteiger partial charge in [0.1, 0.15) is 12.2 Å². The molecule has 0 saturated carbocycles. The fraction of sp³-hybridized carbons (Fsp3) is 0.381. The van der Waals surface area contributed by atoms with Crippen molar-refractivity contribution in [3.8, 4) is 0 Å². The molecule has 0 heterocycles. The zero-order valence-corrected chi connectivity index (χ0v) is 17.1. The quantitative estimate of drug-likeness (QED) is 0.409. The Balaban J connectivity index is 2.06. The molecule has 0 aromatic heterocycles. The molecule has 0 spiro atoms. The Bertz CT molecular complexity index is 670. The molecule has 0 saturated heterocycles. The molecule has 0 amide bonds. The fourth-order valence-electron chi connectivity index (χ4n) is 2.79. The van der Waals surface area contributed by atoms with Crippen molar-refractivity contribution in [2.24, 2.45) is 5.92 Å². The number of halogens is 1. The van der Waals surface area contributed by atoms with E-state index in [2.05, 4.69) is 36.4 Å². The summed E-state index contributed by atoms with van der Waals surface area (Å²) in [5, 5.41) is 0. The van der Waals surface area contributed by atoms with E-state index in [1.54, 1.807) is 7.11 Å². The molecular weight excluding hydrogens is 427 g/mol. The van der Waals surface area contributed by atoms with Gasteiger partial charge in [0.05, 0.1) is 0 Å². The molecule has 2 rings (SSSR count). The van der Waals surface area contributed by atoms with Gasteiger partial charge in [0.15, 0.2) is 0 Å². The Morgan fingerprint density at radius 1 is 1.04 bits per heavy atom. The second kappa shape index (κ2) is 9.92. The van der Waals surface area contributed by atoms with Crippen molar-refractivity contribution >= 4 is 28.6 Å². The van der Waals surface area contributed by atoms with Gasteiger partial charge in [-0.25, -0.2) is 0 Å². The van der Waals surface area contributed by atoms with Gasteiger partial charge in [-0.05, 0) is 52.1 Å². The van der Waals surface area contributed by atoms with Crippen molar-refractivity contribution in [3.63, 3.8) is 0 Å². The molecule has 0 bridgehead atoms. The van der Waals surface area contributed by atoms with Crippen LogP contribution in [0.1, 0.15) is 37.5 Å². The first-order chi connectivity index (χ1) is 12.0. The van der Waals surface area contributed by atoms with Crippen LogP contribution >= 0.6 is 22.6 Å². The fourth-order valence-corrected chi connectivity index (χ4v) is 3.49. The first kappa shape index (κ1) is 19.9.